The highest BCUT2D eigenvalue weighted by Gasteiger charge is 2.35. The maximum absolute atomic E-state index is 13.3. The lowest BCUT2D eigenvalue weighted by Gasteiger charge is -2.27. The van der Waals surface area contributed by atoms with Crippen molar-refractivity contribution in [1.82, 2.24) is 4.90 Å². The Labute approximate surface area is 193 Å². The second-order valence-electron chi connectivity index (χ2n) is 8.29. The second kappa shape index (κ2) is 10.4. The van der Waals surface area contributed by atoms with Gasteiger partial charge in [-0.05, 0) is 75.1 Å². The topological polar surface area (TPSA) is 92.8 Å². The summed E-state index contributed by atoms with van der Waals surface area (Å²) in [6.07, 6.45) is 1.30. The third kappa shape index (κ3) is 5.97. The SMILES string of the molecule is Cc1cccc(NC(=O)CN(CC2CCCO2)C(=O)C(C)S(=O)(=O)c2ccc(F)cc2)c1C. The first-order valence-electron chi connectivity index (χ1n) is 10.9. The van der Waals surface area contributed by atoms with E-state index >= 15 is 0 Å². The molecule has 2 unspecified atom stereocenters. The van der Waals surface area contributed by atoms with Crippen LogP contribution < -0.4 is 5.32 Å². The van der Waals surface area contributed by atoms with Gasteiger partial charge >= 0.3 is 0 Å². The maximum atomic E-state index is 13.3. The molecule has 2 aromatic rings. The third-order valence-corrected chi connectivity index (χ3v) is 7.99. The Morgan fingerprint density at radius 2 is 1.88 bits per heavy atom. The first kappa shape index (κ1) is 24.9. The number of ether oxygens (including phenoxy) is 1. The Hall–Kier alpha value is -2.78. The van der Waals surface area contributed by atoms with E-state index < -0.39 is 32.7 Å². The molecular weight excluding hydrogens is 447 g/mol. The van der Waals surface area contributed by atoms with Crippen molar-refractivity contribution in [2.45, 2.75) is 49.9 Å². The first-order valence-corrected chi connectivity index (χ1v) is 12.4. The number of aryl methyl sites for hydroxylation is 1. The van der Waals surface area contributed by atoms with E-state index in [-0.39, 0.29) is 24.1 Å². The van der Waals surface area contributed by atoms with Crippen LogP contribution in [-0.2, 0) is 24.2 Å². The molecule has 0 aliphatic carbocycles. The molecule has 7 nitrogen and oxygen atoms in total. The number of carbonyl (C=O) groups excluding carboxylic acids is 2. The van der Waals surface area contributed by atoms with Crippen LogP contribution in [0.3, 0.4) is 0 Å². The summed E-state index contributed by atoms with van der Waals surface area (Å²) in [5.74, 6) is -1.71. The van der Waals surface area contributed by atoms with Gasteiger partial charge in [0, 0.05) is 18.8 Å². The van der Waals surface area contributed by atoms with Crippen LogP contribution in [0, 0.1) is 19.7 Å². The van der Waals surface area contributed by atoms with Gasteiger partial charge in [-0.15, -0.1) is 0 Å². The number of halogens is 1. The minimum absolute atomic E-state index is 0.113. The standard InChI is InChI=1S/C24H29FN2O5S/c1-16-6-4-8-22(17(16)2)26-23(28)15-27(14-20-7-5-13-32-20)24(29)18(3)33(30,31)21-11-9-19(25)10-12-21/h4,6,8-12,18,20H,5,7,13-15H2,1-3H3,(H,26,28). The Bertz CT molecular complexity index is 1110. The van der Waals surface area contributed by atoms with Gasteiger partial charge in [0.05, 0.1) is 17.5 Å². The molecule has 0 saturated carbocycles. The Kier molecular flexibility index (Phi) is 7.86. The van der Waals surface area contributed by atoms with Crippen LogP contribution in [0.5, 0.6) is 0 Å². The van der Waals surface area contributed by atoms with Crippen molar-refractivity contribution < 1.29 is 27.1 Å². The average molecular weight is 477 g/mol. The van der Waals surface area contributed by atoms with Gasteiger partial charge in [0.1, 0.15) is 11.1 Å². The number of hydrogen-bond donors (Lipinski definition) is 1. The molecule has 2 amide bonds. The van der Waals surface area contributed by atoms with Gasteiger partial charge in [0.2, 0.25) is 11.8 Å². The molecule has 1 fully saturated rings. The monoisotopic (exact) mass is 476 g/mol. The summed E-state index contributed by atoms with van der Waals surface area (Å²) in [5.41, 5.74) is 2.56. The van der Waals surface area contributed by atoms with Crippen molar-refractivity contribution >= 4 is 27.3 Å². The van der Waals surface area contributed by atoms with Crippen LogP contribution in [0.25, 0.3) is 0 Å². The van der Waals surface area contributed by atoms with Crippen molar-refractivity contribution in [3.05, 3.63) is 59.4 Å². The number of nitrogens with one attached hydrogen (secondary N) is 1. The molecule has 1 aliphatic rings. The highest BCUT2D eigenvalue weighted by Crippen LogP contribution is 2.21. The van der Waals surface area contributed by atoms with Crippen molar-refractivity contribution in [3.63, 3.8) is 0 Å². The summed E-state index contributed by atoms with van der Waals surface area (Å²) in [7, 11) is -4.07. The highest BCUT2D eigenvalue weighted by molar-refractivity contribution is 7.92. The zero-order valence-corrected chi connectivity index (χ0v) is 19.8. The molecule has 0 radical (unpaired) electrons. The van der Waals surface area contributed by atoms with Gasteiger partial charge in [-0.25, -0.2) is 12.8 Å². The molecule has 1 saturated heterocycles. The molecule has 0 spiro atoms. The maximum Gasteiger partial charge on any atom is 0.244 e. The fourth-order valence-electron chi connectivity index (χ4n) is 3.73. The number of sulfone groups is 1. The minimum Gasteiger partial charge on any atom is -0.376 e. The number of amides is 2. The number of rotatable bonds is 8. The first-order chi connectivity index (χ1) is 15.6. The summed E-state index contributed by atoms with van der Waals surface area (Å²) in [4.78, 5) is 27.2. The van der Waals surface area contributed by atoms with Gasteiger partial charge in [0.15, 0.2) is 9.84 Å². The number of carbonyl (C=O) groups is 2. The van der Waals surface area contributed by atoms with Gasteiger partial charge in [0.25, 0.3) is 0 Å². The van der Waals surface area contributed by atoms with Gasteiger partial charge in [-0.2, -0.15) is 0 Å². The smallest absolute Gasteiger partial charge is 0.244 e. The van der Waals surface area contributed by atoms with E-state index in [1.54, 1.807) is 6.07 Å². The molecule has 178 valence electrons. The number of anilines is 1. The Balaban J connectivity index is 1.80. The lowest BCUT2D eigenvalue weighted by Crippen LogP contribution is -2.48. The molecule has 1 aliphatic heterocycles. The third-order valence-electron chi connectivity index (χ3n) is 5.93. The van der Waals surface area contributed by atoms with Crippen LogP contribution >= 0.6 is 0 Å². The van der Waals surface area contributed by atoms with E-state index in [1.165, 1.54) is 11.8 Å². The zero-order chi connectivity index (χ0) is 24.2. The molecule has 3 rings (SSSR count). The predicted octanol–water partition coefficient (Wildman–Crippen LogP) is 3.25. The normalized spacial score (nSPS) is 16.9. The fraction of sp³-hybridized carbons (Fsp3) is 0.417. The lowest BCUT2D eigenvalue weighted by atomic mass is 10.1. The van der Waals surface area contributed by atoms with E-state index in [1.807, 2.05) is 26.0 Å². The molecule has 2 atom stereocenters. The Morgan fingerprint density at radius 1 is 1.18 bits per heavy atom. The molecule has 1 N–H and O–H groups in total. The van der Waals surface area contributed by atoms with Crippen molar-refractivity contribution in [2.75, 3.05) is 25.0 Å². The van der Waals surface area contributed by atoms with E-state index in [0.717, 1.165) is 48.2 Å². The van der Waals surface area contributed by atoms with Gasteiger partial charge in [-0.3, -0.25) is 9.59 Å². The number of hydrogen-bond acceptors (Lipinski definition) is 5. The summed E-state index contributed by atoms with van der Waals surface area (Å²) in [6, 6.07) is 9.86. The van der Waals surface area contributed by atoms with Gasteiger partial charge in [-0.1, -0.05) is 12.1 Å². The molecule has 33 heavy (non-hydrogen) atoms. The van der Waals surface area contributed by atoms with Crippen LogP contribution in [0.1, 0.15) is 30.9 Å². The second-order valence-corrected chi connectivity index (χ2v) is 10.6. The van der Waals surface area contributed by atoms with Crippen molar-refractivity contribution in [1.29, 1.82) is 0 Å². The summed E-state index contributed by atoms with van der Waals surface area (Å²) in [6.45, 7) is 5.46. The van der Waals surface area contributed by atoms with E-state index in [2.05, 4.69) is 5.32 Å². The summed E-state index contributed by atoms with van der Waals surface area (Å²) < 4.78 is 44.8. The quantitative estimate of drug-likeness (QED) is 0.591. The Morgan fingerprint density at radius 3 is 2.52 bits per heavy atom. The fourth-order valence-corrected chi connectivity index (χ4v) is 5.07. The highest BCUT2D eigenvalue weighted by atomic mass is 32.2. The number of nitrogens with zero attached hydrogens (tertiary/aromatic N) is 1. The molecular formula is C24H29FN2O5S. The largest absolute Gasteiger partial charge is 0.376 e. The molecule has 1 heterocycles. The van der Waals surface area contributed by atoms with E-state index in [9.17, 15) is 22.4 Å². The zero-order valence-electron chi connectivity index (χ0n) is 19.0. The molecule has 0 aromatic heterocycles. The average Bonchev–Trinajstić information content (AvgIpc) is 3.29. The van der Waals surface area contributed by atoms with Crippen LogP contribution in [-0.4, -0.2) is 56.2 Å². The van der Waals surface area contributed by atoms with Crippen molar-refractivity contribution in [3.8, 4) is 0 Å². The van der Waals surface area contributed by atoms with Crippen molar-refractivity contribution in [2.24, 2.45) is 0 Å². The molecule has 9 heteroatoms. The van der Waals surface area contributed by atoms with Gasteiger partial charge < -0.3 is 15.0 Å². The molecule has 0 bridgehead atoms. The van der Waals surface area contributed by atoms with Crippen LogP contribution in [0.4, 0.5) is 10.1 Å². The lowest BCUT2D eigenvalue weighted by molar-refractivity contribution is -0.135. The summed E-state index contributed by atoms with van der Waals surface area (Å²) >= 11 is 0. The number of benzene rings is 2. The van der Waals surface area contributed by atoms with E-state index in [4.69, 9.17) is 4.74 Å². The minimum atomic E-state index is -4.07. The van der Waals surface area contributed by atoms with Crippen LogP contribution in [0.15, 0.2) is 47.4 Å². The summed E-state index contributed by atoms with van der Waals surface area (Å²) in [5, 5.41) is 1.37. The van der Waals surface area contributed by atoms with E-state index in [0.29, 0.717) is 12.3 Å². The molecule has 2 aromatic carbocycles. The van der Waals surface area contributed by atoms with Crippen LogP contribution in [0.2, 0.25) is 0 Å². The predicted molar refractivity (Wildman–Crippen MR) is 123 cm³/mol.